The molecule has 0 amide bonds. The quantitative estimate of drug-likeness (QED) is 0.137. The Balaban J connectivity index is 1.30. The molecular formula is C46H32N+. The normalized spacial score (nSPS) is 13.9. The summed E-state index contributed by atoms with van der Waals surface area (Å²) in [6.07, 6.45) is 2.32. The SMILES string of the molecule is C1=[N+](c2ccc3c(-c4ccc(-c5ccccc5)cc4)c4ccccc4c(-c4ccccc4)c3c2)C(c2ccccc2)c2ccccc21. The van der Waals surface area contributed by atoms with Gasteiger partial charge >= 0.3 is 0 Å². The monoisotopic (exact) mass is 598 g/mol. The van der Waals surface area contributed by atoms with Crippen molar-refractivity contribution in [3.05, 3.63) is 199 Å². The lowest BCUT2D eigenvalue weighted by Gasteiger charge is -2.19. The zero-order valence-corrected chi connectivity index (χ0v) is 25.9. The number of benzene rings is 8. The Labute approximate surface area is 275 Å². The van der Waals surface area contributed by atoms with Crippen LogP contribution in [0.1, 0.15) is 22.7 Å². The molecule has 0 aromatic heterocycles. The number of hydrogen-bond acceptors (Lipinski definition) is 0. The molecule has 8 aromatic carbocycles. The van der Waals surface area contributed by atoms with E-state index in [0.29, 0.717) is 0 Å². The third-order valence-corrected chi connectivity index (χ3v) is 9.61. The molecule has 0 saturated carbocycles. The van der Waals surface area contributed by atoms with Gasteiger partial charge in [-0.15, -0.1) is 0 Å². The number of rotatable bonds is 5. The second-order valence-corrected chi connectivity index (χ2v) is 12.3. The maximum absolute atomic E-state index is 2.46. The van der Waals surface area contributed by atoms with Crippen molar-refractivity contribution >= 4 is 33.4 Å². The standard InChI is InChI=1S/C46H32N/c1-4-14-32(15-5-1)33-24-26-35(27-25-33)44-40-22-12-13-23-41(40)45(34-16-6-2-7-17-34)43-30-38(28-29-42(43)44)47-31-37-20-10-11-21-39(37)46(47)36-18-8-3-9-19-36/h1-31,46H/q+1. The zero-order chi connectivity index (χ0) is 31.2. The van der Waals surface area contributed by atoms with Crippen molar-refractivity contribution in [1.82, 2.24) is 0 Å². The first-order chi connectivity index (χ1) is 23.3. The molecule has 0 N–H and O–H groups in total. The van der Waals surface area contributed by atoms with E-state index in [9.17, 15) is 0 Å². The average molecular weight is 599 g/mol. The Morgan fingerprint density at radius 2 is 0.851 bits per heavy atom. The van der Waals surface area contributed by atoms with Crippen LogP contribution in [0.3, 0.4) is 0 Å². The fraction of sp³-hybridized carbons (Fsp3) is 0.0217. The van der Waals surface area contributed by atoms with Crippen LogP contribution in [0.5, 0.6) is 0 Å². The van der Waals surface area contributed by atoms with Crippen LogP contribution in [0, 0.1) is 0 Å². The molecule has 1 unspecified atom stereocenters. The molecule has 1 aliphatic rings. The van der Waals surface area contributed by atoms with Gasteiger partial charge in [-0.3, -0.25) is 0 Å². The first-order valence-electron chi connectivity index (χ1n) is 16.3. The highest BCUT2D eigenvalue weighted by Crippen LogP contribution is 2.46. The average Bonchev–Trinajstić information content (AvgIpc) is 3.54. The van der Waals surface area contributed by atoms with E-state index in [2.05, 4.69) is 193 Å². The van der Waals surface area contributed by atoms with Crippen molar-refractivity contribution in [1.29, 1.82) is 0 Å². The minimum Gasteiger partial charge on any atom is -0.187 e. The van der Waals surface area contributed by atoms with Gasteiger partial charge in [-0.1, -0.05) is 158 Å². The van der Waals surface area contributed by atoms with Gasteiger partial charge in [-0.25, -0.2) is 0 Å². The molecule has 1 atom stereocenters. The van der Waals surface area contributed by atoms with Gasteiger partial charge in [0.2, 0.25) is 11.7 Å². The second-order valence-electron chi connectivity index (χ2n) is 12.3. The summed E-state index contributed by atoms with van der Waals surface area (Å²) in [5.74, 6) is 0. The van der Waals surface area contributed by atoms with Crippen LogP contribution in [0.2, 0.25) is 0 Å². The third kappa shape index (κ3) is 4.67. The number of hydrogen-bond donors (Lipinski definition) is 0. The van der Waals surface area contributed by atoms with E-state index in [4.69, 9.17) is 0 Å². The number of fused-ring (bicyclic) bond motifs is 3. The van der Waals surface area contributed by atoms with E-state index in [1.165, 1.54) is 77.3 Å². The summed E-state index contributed by atoms with van der Waals surface area (Å²) in [4.78, 5) is 0. The van der Waals surface area contributed by atoms with Crippen molar-refractivity contribution < 1.29 is 4.58 Å². The van der Waals surface area contributed by atoms with Gasteiger partial charge in [0.25, 0.3) is 0 Å². The topological polar surface area (TPSA) is 3.01 Å². The first kappa shape index (κ1) is 27.3. The molecule has 0 saturated heterocycles. The van der Waals surface area contributed by atoms with Gasteiger partial charge in [0, 0.05) is 28.8 Å². The highest BCUT2D eigenvalue weighted by atomic mass is 15.1. The van der Waals surface area contributed by atoms with Crippen molar-refractivity contribution in [2.45, 2.75) is 6.04 Å². The minimum atomic E-state index is 0.107. The number of nitrogens with zero attached hydrogens (tertiary/aromatic N) is 1. The fourth-order valence-corrected chi connectivity index (χ4v) is 7.46. The van der Waals surface area contributed by atoms with Gasteiger partial charge in [-0.05, 0) is 67.1 Å². The molecule has 0 bridgehead atoms. The van der Waals surface area contributed by atoms with E-state index >= 15 is 0 Å². The van der Waals surface area contributed by atoms with Gasteiger partial charge < -0.3 is 0 Å². The third-order valence-electron chi connectivity index (χ3n) is 9.61. The summed E-state index contributed by atoms with van der Waals surface area (Å²) >= 11 is 0. The lowest BCUT2D eigenvalue weighted by molar-refractivity contribution is -0.469. The van der Waals surface area contributed by atoms with E-state index in [0.717, 1.165) is 0 Å². The highest BCUT2D eigenvalue weighted by Gasteiger charge is 2.35. The van der Waals surface area contributed by atoms with Crippen molar-refractivity contribution in [3.8, 4) is 33.4 Å². The van der Waals surface area contributed by atoms with Crippen LogP contribution in [-0.2, 0) is 0 Å². The van der Waals surface area contributed by atoms with Crippen LogP contribution in [0.4, 0.5) is 5.69 Å². The predicted octanol–water partition coefficient (Wildman–Crippen LogP) is 11.9. The summed E-state index contributed by atoms with van der Waals surface area (Å²) in [7, 11) is 0. The molecule has 8 aromatic rings. The van der Waals surface area contributed by atoms with Crippen LogP contribution in [0.25, 0.3) is 54.9 Å². The van der Waals surface area contributed by atoms with Gasteiger partial charge in [-0.2, -0.15) is 4.58 Å². The Kier molecular flexibility index (Phi) is 6.61. The second kappa shape index (κ2) is 11.4. The first-order valence-corrected chi connectivity index (χ1v) is 16.3. The van der Waals surface area contributed by atoms with E-state index in [-0.39, 0.29) is 6.04 Å². The largest absolute Gasteiger partial charge is 0.210 e. The summed E-state index contributed by atoms with van der Waals surface area (Å²) in [6.45, 7) is 0. The summed E-state index contributed by atoms with van der Waals surface area (Å²) in [5, 5.41) is 5.04. The molecule has 9 rings (SSSR count). The van der Waals surface area contributed by atoms with Gasteiger partial charge in [0.15, 0.2) is 6.21 Å². The van der Waals surface area contributed by atoms with Crippen LogP contribution >= 0.6 is 0 Å². The molecule has 1 nitrogen and oxygen atoms in total. The molecular weight excluding hydrogens is 567 g/mol. The Hall–Kier alpha value is -6.05. The zero-order valence-electron chi connectivity index (χ0n) is 25.9. The van der Waals surface area contributed by atoms with Crippen LogP contribution in [-0.4, -0.2) is 10.8 Å². The molecule has 220 valence electrons. The Morgan fingerprint density at radius 1 is 0.362 bits per heavy atom. The fourth-order valence-electron chi connectivity index (χ4n) is 7.46. The van der Waals surface area contributed by atoms with E-state index < -0.39 is 0 Å². The lowest BCUT2D eigenvalue weighted by atomic mass is 9.85. The summed E-state index contributed by atoms with van der Waals surface area (Å²) in [6, 6.07) is 66.3. The molecule has 0 fully saturated rings. The molecule has 0 aliphatic carbocycles. The highest BCUT2D eigenvalue weighted by molar-refractivity contribution is 6.21. The summed E-state index contributed by atoms with van der Waals surface area (Å²) in [5.41, 5.74) is 12.5. The maximum atomic E-state index is 2.46. The van der Waals surface area contributed by atoms with Gasteiger partial charge in [0.05, 0.1) is 0 Å². The molecule has 0 radical (unpaired) electrons. The Morgan fingerprint density at radius 3 is 1.55 bits per heavy atom. The smallest absolute Gasteiger partial charge is 0.187 e. The lowest BCUT2D eigenvalue weighted by Crippen LogP contribution is -2.11. The summed E-state index contributed by atoms with van der Waals surface area (Å²) < 4.78 is 2.46. The molecule has 1 heteroatoms. The van der Waals surface area contributed by atoms with Crippen LogP contribution in [0.15, 0.2) is 182 Å². The molecule has 1 heterocycles. The maximum Gasteiger partial charge on any atom is 0.210 e. The van der Waals surface area contributed by atoms with Crippen molar-refractivity contribution in [3.63, 3.8) is 0 Å². The minimum absolute atomic E-state index is 0.107. The van der Waals surface area contributed by atoms with Crippen molar-refractivity contribution in [2.75, 3.05) is 0 Å². The molecule has 1 aliphatic heterocycles. The van der Waals surface area contributed by atoms with Crippen LogP contribution < -0.4 is 0 Å². The van der Waals surface area contributed by atoms with Crippen molar-refractivity contribution in [2.24, 2.45) is 0 Å². The molecule has 0 spiro atoms. The Bertz CT molecular complexity index is 2420. The molecule has 47 heavy (non-hydrogen) atoms. The van der Waals surface area contributed by atoms with Gasteiger partial charge in [0.1, 0.15) is 0 Å². The predicted molar refractivity (Wildman–Crippen MR) is 198 cm³/mol. The van der Waals surface area contributed by atoms with E-state index in [1.54, 1.807) is 0 Å². The van der Waals surface area contributed by atoms with E-state index in [1.807, 2.05) is 0 Å².